The van der Waals surface area contributed by atoms with Gasteiger partial charge in [0.1, 0.15) is 6.61 Å². The molecule has 2 aromatic carbocycles. The molecule has 2 aromatic rings. The summed E-state index contributed by atoms with van der Waals surface area (Å²) in [7, 11) is -3.13. The molecule has 0 unspecified atom stereocenters. The molecule has 4 nitrogen and oxygen atoms in total. The number of phenolic OH excluding ortho intramolecular Hbond substituents is 1. The predicted molar refractivity (Wildman–Crippen MR) is 80.0 cm³/mol. The van der Waals surface area contributed by atoms with Gasteiger partial charge in [0, 0.05) is 0 Å². The van der Waals surface area contributed by atoms with Crippen LogP contribution in [0.15, 0.2) is 36.4 Å². The van der Waals surface area contributed by atoms with Gasteiger partial charge in [-0.15, -0.1) is 0 Å². The third-order valence-corrected chi connectivity index (χ3v) is 5.34. The monoisotopic (exact) mass is 294 g/mol. The Balaban J connectivity index is 2.12. The van der Waals surface area contributed by atoms with E-state index >= 15 is 0 Å². The molecule has 108 valence electrons. The molecular formula is C15H18O4S. The SMILES string of the molecule is CC(C)S(=O)(=O)CCOc1cc2ccccc2cc1O. The molecule has 0 spiro atoms. The van der Waals surface area contributed by atoms with Crippen molar-refractivity contribution in [3.8, 4) is 11.5 Å². The normalized spacial score (nSPS) is 11.9. The number of hydrogen-bond acceptors (Lipinski definition) is 4. The van der Waals surface area contributed by atoms with Gasteiger partial charge in [-0.25, -0.2) is 8.42 Å². The molecule has 0 aromatic heterocycles. The van der Waals surface area contributed by atoms with E-state index < -0.39 is 15.1 Å². The van der Waals surface area contributed by atoms with Gasteiger partial charge in [0.05, 0.1) is 11.0 Å². The fourth-order valence-corrected chi connectivity index (χ4v) is 2.61. The summed E-state index contributed by atoms with van der Waals surface area (Å²) < 4.78 is 28.8. The van der Waals surface area contributed by atoms with Crippen LogP contribution in [0.5, 0.6) is 11.5 Å². The molecule has 0 aliphatic rings. The Bertz CT molecular complexity index is 705. The Morgan fingerprint density at radius 1 is 1.15 bits per heavy atom. The molecule has 20 heavy (non-hydrogen) atoms. The van der Waals surface area contributed by atoms with Crippen LogP contribution in [0.4, 0.5) is 0 Å². The molecule has 0 bridgehead atoms. The summed E-state index contributed by atoms with van der Waals surface area (Å²) in [4.78, 5) is 0. The van der Waals surface area contributed by atoms with Gasteiger partial charge in [-0.3, -0.25) is 0 Å². The second-order valence-electron chi connectivity index (χ2n) is 4.93. The number of hydrogen-bond donors (Lipinski definition) is 1. The van der Waals surface area contributed by atoms with E-state index in [1.165, 1.54) is 0 Å². The topological polar surface area (TPSA) is 63.6 Å². The highest BCUT2D eigenvalue weighted by Crippen LogP contribution is 2.31. The van der Waals surface area contributed by atoms with E-state index in [9.17, 15) is 13.5 Å². The van der Waals surface area contributed by atoms with Gasteiger partial charge in [0.15, 0.2) is 21.3 Å². The van der Waals surface area contributed by atoms with Crippen molar-refractivity contribution in [2.24, 2.45) is 0 Å². The van der Waals surface area contributed by atoms with Crippen LogP contribution in [-0.2, 0) is 9.84 Å². The van der Waals surface area contributed by atoms with Crippen LogP contribution in [0.25, 0.3) is 10.8 Å². The second-order valence-corrected chi connectivity index (χ2v) is 7.61. The van der Waals surface area contributed by atoms with Crippen molar-refractivity contribution in [2.75, 3.05) is 12.4 Å². The van der Waals surface area contributed by atoms with Gasteiger partial charge in [-0.1, -0.05) is 24.3 Å². The van der Waals surface area contributed by atoms with Gasteiger partial charge < -0.3 is 9.84 Å². The minimum absolute atomic E-state index is 0.0191. The summed E-state index contributed by atoms with van der Waals surface area (Å²) in [6.45, 7) is 3.32. The van der Waals surface area contributed by atoms with Crippen molar-refractivity contribution >= 4 is 20.6 Å². The molecule has 0 saturated heterocycles. The lowest BCUT2D eigenvalue weighted by Crippen LogP contribution is -2.22. The molecule has 0 heterocycles. The molecule has 5 heteroatoms. The quantitative estimate of drug-likeness (QED) is 0.921. The number of sulfone groups is 1. The van der Waals surface area contributed by atoms with Crippen LogP contribution in [0.2, 0.25) is 0 Å². The Morgan fingerprint density at radius 3 is 2.35 bits per heavy atom. The van der Waals surface area contributed by atoms with Crippen LogP contribution < -0.4 is 4.74 Å². The molecule has 0 fully saturated rings. The van der Waals surface area contributed by atoms with Crippen molar-refractivity contribution in [2.45, 2.75) is 19.1 Å². The maximum absolute atomic E-state index is 11.7. The van der Waals surface area contributed by atoms with E-state index in [2.05, 4.69) is 0 Å². The zero-order chi connectivity index (χ0) is 14.8. The molecule has 0 saturated carbocycles. The fraction of sp³-hybridized carbons (Fsp3) is 0.333. The summed E-state index contributed by atoms with van der Waals surface area (Å²) in [5, 5.41) is 11.3. The zero-order valence-electron chi connectivity index (χ0n) is 11.5. The summed E-state index contributed by atoms with van der Waals surface area (Å²) in [5.41, 5.74) is 0. The van der Waals surface area contributed by atoms with Gasteiger partial charge in [-0.2, -0.15) is 0 Å². The van der Waals surface area contributed by atoms with Crippen molar-refractivity contribution in [3.05, 3.63) is 36.4 Å². The summed E-state index contributed by atoms with van der Waals surface area (Å²) in [5.74, 6) is 0.269. The Hall–Kier alpha value is -1.75. The van der Waals surface area contributed by atoms with Crippen molar-refractivity contribution in [1.82, 2.24) is 0 Å². The average Bonchev–Trinajstić information content (AvgIpc) is 2.39. The number of aromatic hydroxyl groups is 1. The number of fused-ring (bicyclic) bond motifs is 1. The molecule has 0 aliphatic carbocycles. The van der Waals surface area contributed by atoms with E-state index in [0.29, 0.717) is 5.75 Å². The third kappa shape index (κ3) is 3.22. The van der Waals surface area contributed by atoms with Crippen LogP contribution in [0.3, 0.4) is 0 Å². The van der Waals surface area contributed by atoms with E-state index in [0.717, 1.165) is 10.8 Å². The smallest absolute Gasteiger partial charge is 0.161 e. The number of benzene rings is 2. The molecular weight excluding hydrogens is 276 g/mol. The number of rotatable bonds is 5. The highest BCUT2D eigenvalue weighted by atomic mass is 32.2. The first-order chi connectivity index (χ1) is 9.40. The van der Waals surface area contributed by atoms with Crippen LogP contribution in [0.1, 0.15) is 13.8 Å². The first-order valence-electron chi connectivity index (χ1n) is 6.46. The maximum Gasteiger partial charge on any atom is 0.161 e. The van der Waals surface area contributed by atoms with Crippen molar-refractivity contribution in [1.29, 1.82) is 0 Å². The Kier molecular flexibility index (Phi) is 4.18. The van der Waals surface area contributed by atoms with E-state index in [4.69, 9.17) is 4.74 Å². The zero-order valence-corrected chi connectivity index (χ0v) is 12.4. The van der Waals surface area contributed by atoms with Crippen LogP contribution >= 0.6 is 0 Å². The van der Waals surface area contributed by atoms with Crippen LogP contribution in [-0.4, -0.2) is 31.1 Å². The maximum atomic E-state index is 11.7. The second kappa shape index (κ2) is 5.71. The standard InChI is InChI=1S/C15H18O4S/c1-11(2)20(17,18)8-7-19-15-10-13-6-4-3-5-12(13)9-14(15)16/h3-6,9-11,16H,7-8H2,1-2H3. The van der Waals surface area contributed by atoms with Crippen molar-refractivity contribution < 1.29 is 18.3 Å². The predicted octanol–water partition coefficient (Wildman–Crippen LogP) is 2.75. The summed E-state index contributed by atoms with van der Waals surface area (Å²) in [6.07, 6.45) is 0. The first kappa shape index (κ1) is 14.7. The number of phenols is 1. The van der Waals surface area contributed by atoms with E-state index in [1.807, 2.05) is 24.3 Å². The molecule has 1 N–H and O–H groups in total. The number of ether oxygens (including phenoxy) is 1. The van der Waals surface area contributed by atoms with Gasteiger partial charge in [0.25, 0.3) is 0 Å². The lowest BCUT2D eigenvalue weighted by atomic mass is 10.1. The summed E-state index contributed by atoms with van der Waals surface area (Å²) in [6, 6.07) is 10.9. The first-order valence-corrected chi connectivity index (χ1v) is 8.18. The van der Waals surface area contributed by atoms with E-state index in [1.54, 1.807) is 26.0 Å². The lowest BCUT2D eigenvalue weighted by Gasteiger charge is -2.11. The molecule has 0 amide bonds. The lowest BCUT2D eigenvalue weighted by molar-refractivity contribution is 0.319. The van der Waals surface area contributed by atoms with E-state index in [-0.39, 0.29) is 18.1 Å². The molecule has 2 rings (SSSR count). The highest BCUT2D eigenvalue weighted by Gasteiger charge is 2.16. The minimum Gasteiger partial charge on any atom is -0.504 e. The average molecular weight is 294 g/mol. The largest absolute Gasteiger partial charge is 0.504 e. The molecule has 0 radical (unpaired) electrons. The van der Waals surface area contributed by atoms with Crippen LogP contribution in [0, 0.1) is 0 Å². The fourth-order valence-electron chi connectivity index (χ4n) is 1.83. The summed E-state index contributed by atoms with van der Waals surface area (Å²) >= 11 is 0. The van der Waals surface area contributed by atoms with Crippen molar-refractivity contribution in [3.63, 3.8) is 0 Å². The molecule has 0 aliphatic heterocycles. The van der Waals surface area contributed by atoms with Gasteiger partial charge in [-0.05, 0) is 36.8 Å². The minimum atomic E-state index is -3.13. The Labute approximate surface area is 118 Å². The highest BCUT2D eigenvalue weighted by molar-refractivity contribution is 7.91. The third-order valence-electron chi connectivity index (χ3n) is 3.17. The Morgan fingerprint density at radius 2 is 1.75 bits per heavy atom. The molecule has 0 atom stereocenters. The van der Waals surface area contributed by atoms with Gasteiger partial charge in [0.2, 0.25) is 0 Å². The van der Waals surface area contributed by atoms with Gasteiger partial charge >= 0.3 is 0 Å².